The molecule has 1 fully saturated rings. The Morgan fingerprint density at radius 3 is 2.65 bits per heavy atom. The van der Waals surface area contributed by atoms with Gasteiger partial charge in [0.15, 0.2) is 5.96 Å². The lowest BCUT2D eigenvalue weighted by Gasteiger charge is -2.14. The molecular formula is C23H35IN6O. The zero-order chi connectivity index (χ0) is 21.3. The van der Waals surface area contributed by atoms with E-state index in [4.69, 9.17) is 0 Å². The number of halogens is 1. The molecule has 1 aromatic heterocycles. The summed E-state index contributed by atoms with van der Waals surface area (Å²) in [5.74, 6) is 1.09. The average molecular weight is 538 g/mol. The monoisotopic (exact) mass is 538 g/mol. The summed E-state index contributed by atoms with van der Waals surface area (Å²) in [4.78, 5) is 16.6. The van der Waals surface area contributed by atoms with Gasteiger partial charge < -0.3 is 16.0 Å². The smallest absolute Gasteiger partial charge is 0.227 e. The molecule has 0 spiro atoms. The second-order valence-corrected chi connectivity index (χ2v) is 8.03. The number of hydrogen-bond acceptors (Lipinski definition) is 3. The average Bonchev–Trinajstić information content (AvgIpc) is 3.37. The van der Waals surface area contributed by atoms with Crippen molar-refractivity contribution in [1.82, 2.24) is 20.4 Å². The summed E-state index contributed by atoms with van der Waals surface area (Å²) < 4.78 is 2.04. The Bertz CT molecular complexity index is 873. The highest BCUT2D eigenvalue weighted by Crippen LogP contribution is 2.26. The van der Waals surface area contributed by atoms with Gasteiger partial charge in [-0.1, -0.05) is 25.0 Å². The van der Waals surface area contributed by atoms with Gasteiger partial charge in [0.2, 0.25) is 5.91 Å². The van der Waals surface area contributed by atoms with E-state index in [1.165, 1.54) is 5.69 Å². The minimum Gasteiger partial charge on any atom is -0.356 e. The van der Waals surface area contributed by atoms with Crippen LogP contribution in [-0.4, -0.2) is 35.2 Å². The molecule has 7 nitrogen and oxygen atoms in total. The zero-order valence-corrected chi connectivity index (χ0v) is 21.1. The fourth-order valence-electron chi connectivity index (χ4n) is 3.93. The Morgan fingerprint density at radius 1 is 1.19 bits per heavy atom. The number of aryl methyl sites for hydroxylation is 3. The molecule has 3 N–H and O–H groups in total. The van der Waals surface area contributed by atoms with E-state index in [2.05, 4.69) is 39.0 Å². The highest BCUT2D eigenvalue weighted by molar-refractivity contribution is 14.0. The van der Waals surface area contributed by atoms with Gasteiger partial charge in [-0.15, -0.1) is 24.0 Å². The number of guanidine groups is 1. The van der Waals surface area contributed by atoms with Gasteiger partial charge in [0, 0.05) is 44.0 Å². The molecule has 170 valence electrons. The van der Waals surface area contributed by atoms with Crippen molar-refractivity contribution in [2.24, 2.45) is 10.9 Å². The zero-order valence-electron chi connectivity index (χ0n) is 18.8. The second-order valence-electron chi connectivity index (χ2n) is 8.03. The SMILES string of the molecule is CN=C(NCCCn1nc(C)cc1C)NCc1cccc(NC(=O)C2CCCC2)c1.I. The summed E-state index contributed by atoms with van der Waals surface area (Å²) in [6.45, 7) is 6.44. The third kappa shape index (κ3) is 7.83. The van der Waals surface area contributed by atoms with E-state index < -0.39 is 0 Å². The van der Waals surface area contributed by atoms with Crippen LogP contribution in [0.4, 0.5) is 5.69 Å². The van der Waals surface area contributed by atoms with Crippen LogP contribution in [0, 0.1) is 19.8 Å². The van der Waals surface area contributed by atoms with Gasteiger partial charge in [-0.3, -0.25) is 14.5 Å². The van der Waals surface area contributed by atoms with Crippen LogP contribution in [0.5, 0.6) is 0 Å². The fourth-order valence-corrected chi connectivity index (χ4v) is 3.93. The highest BCUT2D eigenvalue weighted by atomic mass is 127. The Balaban J connectivity index is 0.00000341. The Morgan fingerprint density at radius 2 is 1.97 bits per heavy atom. The third-order valence-corrected chi connectivity index (χ3v) is 5.55. The molecule has 1 aliphatic carbocycles. The van der Waals surface area contributed by atoms with Gasteiger partial charge in [0.25, 0.3) is 0 Å². The van der Waals surface area contributed by atoms with Crippen molar-refractivity contribution < 1.29 is 4.79 Å². The normalized spacial score (nSPS) is 14.2. The van der Waals surface area contributed by atoms with Crippen molar-refractivity contribution in [2.75, 3.05) is 18.9 Å². The molecule has 1 amide bonds. The lowest BCUT2D eigenvalue weighted by molar-refractivity contribution is -0.119. The maximum absolute atomic E-state index is 12.3. The molecule has 1 saturated carbocycles. The maximum Gasteiger partial charge on any atom is 0.227 e. The van der Waals surface area contributed by atoms with Gasteiger partial charge in [0.1, 0.15) is 0 Å². The van der Waals surface area contributed by atoms with Crippen LogP contribution >= 0.6 is 24.0 Å². The number of amides is 1. The van der Waals surface area contributed by atoms with E-state index in [0.29, 0.717) is 6.54 Å². The summed E-state index contributed by atoms with van der Waals surface area (Å²) in [6.07, 6.45) is 5.30. The van der Waals surface area contributed by atoms with Crippen molar-refractivity contribution in [1.29, 1.82) is 0 Å². The van der Waals surface area contributed by atoms with E-state index in [1.807, 2.05) is 35.9 Å². The second kappa shape index (κ2) is 12.7. The molecule has 0 unspecified atom stereocenters. The molecule has 3 rings (SSSR count). The molecule has 2 aromatic rings. The molecule has 1 aromatic carbocycles. The van der Waals surface area contributed by atoms with Gasteiger partial charge in [-0.25, -0.2) is 0 Å². The van der Waals surface area contributed by atoms with Gasteiger partial charge in [-0.2, -0.15) is 5.10 Å². The van der Waals surface area contributed by atoms with Crippen molar-refractivity contribution in [3.05, 3.63) is 47.3 Å². The van der Waals surface area contributed by atoms with Crippen LogP contribution in [0.2, 0.25) is 0 Å². The quantitative estimate of drug-likeness (QED) is 0.205. The van der Waals surface area contributed by atoms with Gasteiger partial charge >= 0.3 is 0 Å². The molecule has 1 aliphatic rings. The first-order valence-electron chi connectivity index (χ1n) is 10.9. The summed E-state index contributed by atoms with van der Waals surface area (Å²) in [5, 5.41) is 14.2. The predicted octanol–water partition coefficient (Wildman–Crippen LogP) is 4.00. The molecule has 0 bridgehead atoms. The first-order chi connectivity index (χ1) is 14.5. The Hall–Kier alpha value is -2.10. The fraction of sp³-hybridized carbons (Fsp3) is 0.522. The van der Waals surface area contributed by atoms with E-state index >= 15 is 0 Å². The van der Waals surface area contributed by atoms with E-state index in [9.17, 15) is 4.79 Å². The van der Waals surface area contributed by atoms with Crippen molar-refractivity contribution >= 4 is 41.5 Å². The van der Waals surface area contributed by atoms with Crippen molar-refractivity contribution in [3.8, 4) is 0 Å². The van der Waals surface area contributed by atoms with Crippen LogP contribution in [0.15, 0.2) is 35.3 Å². The number of carbonyl (C=O) groups is 1. The standard InChI is InChI=1S/C23H34N6O.HI/c1-17-14-18(2)29(28-17)13-7-12-25-23(24-3)26-16-19-8-6-11-21(15-19)27-22(30)20-9-4-5-10-20;/h6,8,11,14-15,20H,4-5,7,9-10,12-13,16H2,1-3H3,(H,27,30)(H2,24,25,26);1H. The van der Waals surface area contributed by atoms with Crippen LogP contribution in [0.25, 0.3) is 0 Å². The number of hydrogen-bond donors (Lipinski definition) is 3. The van der Waals surface area contributed by atoms with Crippen LogP contribution in [-0.2, 0) is 17.9 Å². The summed E-state index contributed by atoms with van der Waals surface area (Å²) in [7, 11) is 1.77. The summed E-state index contributed by atoms with van der Waals surface area (Å²) in [6, 6.07) is 10.1. The largest absolute Gasteiger partial charge is 0.356 e. The van der Waals surface area contributed by atoms with Crippen molar-refractivity contribution in [2.45, 2.75) is 59.0 Å². The number of anilines is 1. The first-order valence-corrected chi connectivity index (χ1v) is 10.9. The molecule has 0 aliphatic heterocycles. The molecule has 0 atom stereocenters. The highest BCUT2D eigenvalue weighted by Gasteiger charge is 2.22. The minimum atomic E-state index is 0. The molecule has 8 heteroatoms. The molecule has 1 heterocycles. The van der Waals surface area contributed by atoms with E-state index in [0.717, 1.165) is 68.1 Å². The molecule has 0 radical (unpaired) electrons. The van der Waals surface area contributed by atoms with Crippen LogP contribution < -0.4 is 16.0 Å². The van der Waals surface area contributed by atoms with Gasteiger partial charge in [-0.05, 0) is 56.9 Å². The van der Waals surface area contributed by atoms with Crippen molar-refractivity contribution in [3.63, 3.8) is 0 Å². The van der Waals surface area contributed by atoms with E-state index in [1.54, 1.807) is 7.05 Å². The summed E-state index contributed by atoms with van der Waals surface area (Å²) in [5.41, 5.74) is 4.21. The number of rotatable bonds is 8. The number of nitrogens with one attached hydrogen (secondary N) is 3. The summed E-state index contributed by atoms with van der Waals surface area (Å²) >= 11 is 0. The number of nitrogens with zero attached hydrogens (tertiary/aromatic N) is 3. The minimum absolute atomic E-state index is 0. The Kier molecular flexibility index (Phi) is 10.3. The predicted molar refractivity (Wildman–Crippen MR) is 137 cm³/mol. The molecule has 0 saturated heterocycles. The van der Waals surface area contributed by atoms with E-state index in [-0.39, 0.29) is 35.8 Å². The topological polar surface area (TPSA) is 83.3 Å². The first kappa shape index (κ1) is 25.2. The maximum atomic E-state index is 12.3. The number of benzene rings is 1. The number of aliphatic imine (C=N–C) groups is 1. The third-order valence-electron chi connectivity index (χ3n) is 5.55. The molecule has 31 heavy (non-hydrogen) atoms. The lowest BCUT2D eigenvalue weighted by atomic mass is 10.1. The number of aromatic nitrogens is 2. The van der Waals surface area contributed by atoms with Gasteiger partial charge in [0.05, 0.1) is 5.69 Å². The van der Waals surface area contributed by atoms with Crippen LogP contribution in [0.1, 0.15) is 49.1 Å². The lowest BCUT2D eigenvalue weighted by Crippen LogP contribution is -2.37. The molecular weight excluding hydrogens is 503 g/mol. The Labute approximate surface area is 202 Å². The number of carbonyl (C=O) groups excluding carboxylic acids is 1. The van der Waals surface area contributed by atoms with Crippen LogP contribution in [0.3, 0.4) is 0 Å².